The highest BCUT2D eigenvalue weighted by molar-refractivity contribution is 9.11. The molecule has 0 spiro atoms. The second-order valence-electron chi connectivity index (χ2n) is 7.97. The summed E-state index contributed by atoms with van der Waals surface area (Å²) in [5.41, 5.74) is 2.24. The Morgan fingerprint density at radius 3 is 2.39 bits per heavy atom. The zero-order valence-corrected chi connectivity index (χ0v) is 24.6. The second kappa shape index (κ2) is 12.2. The topological polar surface area (TPSA) is 65.7 Å². The molecule has 0 amide bonds. The molecule has 6 nitrogen and oxygen atoms in total. The molecule has 0 aliphatic rings. The molecule has 0 aliphatic heterocycles. The summed E-state index contributed by atoms with van der Waals surface area (Å²) in [6, 6.07) is 17.2. The number of fused-ring (bicyclic) bond motifs is 1. The fourth-order valence-electron chi connectivity index (χ4n) is 3.59. The molecule has 0 fully saturated rings. The standard InChI is InChI=1S/C27H24Br3N3O3/c1-3-5-26-32-23-11-10-20(29)13-21(23)27(34)33(26)31-15-18-12-24(35-4-2)25(14-22(18)30)36-16-17-6-8-19(28)9-7-17/h6-15H,3-5,16H2,1-2H3. The van der Waals surface area contributed by atoms with Gasteiger partial charge in [-0.1, -0.05) is 50.9 Å². The third-order valence-corrected chi connectivity index (χ3v) is 7.04. The van der Waals surface area contributed by atoms with Crippen LogP contribution >= 0.6 is 47.8 Å². The summed E-state index contributed by atoms with van der Waals surface area (Å²) < 4.78 is 15.9. The van der Waals surface area contributed by atoms with E-state index in [4.69, 9.17) is 14.5 Å². The van der Waals surface area contributed by atoms with E-state index in [1.54, 1.807) is 12.3 Å². The number of halogens is 3. The molecule has 1 aromatic heterocycles. The zero-order valence-electron chi connectivity index (χ0n) is 19.8. The summed E-state index contributed by atoms with van der Waals surface area (Å²) in [6.07, 6.45) is 3.11. The minimum atomic E-state index is -0.211. The van der Waals surface area contributed by atoms with Crippen molar-refractivity contribution < 1.29 is 9.47 Å². The van der Waals surface area contributed by atoms with Crippen LogP contribution in [-0.4, -0.2) is 22.5 Å². The Balaban J connectivity index is 1.68. The van der Waals surface area contributed by atoms with E-state index in [9.17, 15) is 4.79 Å². The molecule has 4 rings (SSSR count). The van der Waals surface area contributed by atoms with Crippen LogP contribution in [0.25, 0.3) is 10.9 Å². The molecule has 186 valence electrons. The summed E-state index contributed by atoms with van der Waals surface area (Å²) in [5.74, 6) is 1.83. The van der Waals surface area contributed by atoms with Crippen LogP contribution in [0.15, 0.2) is 77.9 Å². The molecule has 0 atom stereocenters. The Labute approximate surface area is 234 Å². The van der Waals surface area contributed by atoms with E-state index < -0.39 is 0 Å². The highest BCUT2D eigenvalue weighted by atomic mass is 79.9. The van der Waals surface area contributed by atoms with Gasteiger partial charge in [0.25, 0.3) is 5.56 Å². The van der Waals surface area contributed by atoms with E-state index in [0.29, 0.717) is 47.9 Å². The molecule has 3 aromatic carbocycles. The van der Waals surface area contributed by atoms with Gasteiger partial charge in [-0.15, -0.1) is 0 Å². The van der Waals surface area contributed by atoms with Crippen molar-refractivity contribution in [2.24, 2.45) is 5.10 Å². The Morgan fingerprint density at radius 1 is 0.944 bits per heavy atom. The largest absolute Gasteiger partial charge is 0.490 e. The third-order valence-electron chi connectivity index (χ3n) is 5.33. The first-order chi connectivity index (χ1) is 17.4. The van der Waals surface area contributed by atoms with Gasteiger partial charge in [0.05, 0.1) is 23.7 Å². The van der Waals surface area contributed by atoms with Crippen molar-refractivity contribution in [2.75, 3.05) is 6.61 Å². The molecule has 0 radical (unpaired) electrons. The number of aryl methyl sites for hydroxylation is 1. The second-order valence-corrected chi connectivity index (χ2v) is 10.7. The number of hydrogen-bond acceptors (Lipinski definition) is 5. The molecule has 0 bridgehead atoms. The van der Waals surface area contributed by atoms with Gasteiger partial charge in [-0.25, -0.2) is 4.98 Å². The number of rotatable bonds is 9. The van der Waals surface area contributed by atoms with Crippen molar-refractivity contribution in [3.63, 3.8) is 0 Å². The lowest BCUT2D eigenvalue weighted by Gasteiger charge is -2.14. The number of hydrogen-bond donors (Lipinski definition) is 0. The Kier molecular flexibility index (Phi) is 8.98. The molecule has 0 saturated carbocycles. The van der Waals surface area contributed by atoms with Gasteiger partial charge in [-0.2, -0.15) is 9.78 Å². The highest BCUT2D eigenvalue weighted by Gasteiger charge is 2.13. The van der Waals surface area contributed by atoms with E-state index in [1.807, 2.05) is 62.4 Å². The summed E-state index contributed by atoms with van der Waals surface area (Å²) in [5, 5.41) is 5.05. The number of ether oxygens (including phenoxy) is 2. The monoisotopic (exact) mass is 675 g/mol. The van der Waals surface area contributed by atoms with Crippen molar-refractivity contribution in [1.29, 1.82) is 0 Å². The lowest BCUT2D eigenvalue weighted by Crippen LogP contribution is -2.22. The molecule has 1 heterocycles. The molecule has 4 aromatic rings. The lowest BCUT2D eigenvalue weighted by molar-refractivity contribution is 0.269. The van der Waals surface area contributed by atoms with Crippen LogP contribution in [0.3, 0.4) is 0 Å². The van der Waals surface area contributed by atoms with Crippen LogP contribution in [-0.2, 0) is 13.0 Å². The van der Waals surface area contributed by atoms with Gasteiger partial charge in [0, 0.05) is 25.4 Å². The van der Waals surface area contributed by atoms with E-state index in [0.717, 1.165) is 31.0 Å². The van der Waals surface area contributed by atoms with Gasteiger partial charge in [-0.05, 0) is 77.3 Å². The molecule has 36 heavy (non-hydrogen) atoms. The summed E-state index contributed by atoms with van der Waals surface area (Å²) in [4.78, 5) is 18.0. The minimum absolute atomic E-state index is 0.211. The first-order valence-electron chi connectivity index (χ1n) is 11.5. The fourth-order valence-corrected chi connectivity index (χ4v) is 4.64. The first-order valence-corrected chi connectivity index (χ1v) is 13.9. The van der Waals surface area contributed by atoms with Gasteiger partial charge >= 0.3 is 0 Å². The van der Waals surface area contributed by atoms with Crippen LogP contribution in [0, 0.1) is 0 Å². The average Bonchev–Trinajstić information content (AvgIpc) is 2.86. The maximum Gasteiger partial charge on any atom is 0.282 e. The molecule has 0 N–H and O–H groups in total. The quantitative estimate of drug-likeness (QED) is 0.172. The van der Waals surface area contributed by atoms with Crippen LogP contribution in [0.4, 0.5) is 0 Å². The van der Waals surface area contributed by atoms with Gasteiger partial charge in [0.1, 0.15) is 12.4 Å². The van der Waals surface area contributed by atoms with Gasteiger partial charge in [-0.3, -0.25) is 4.79 Å². The third kappa shape index (κ3) is 6.25. The molecule has 0 saturated heterocycles. The van der Waals surface area contributed by atoms with Gasteiger partial charge in [0.15, 0.2) is 11.5 Å². The highest BCUT2D eigenvalue weighted by Crippen LogP contribution is 2.34. The fraction of sp³-hybridized carbons (Fsp3) is 0.222. The van der Waals surface area contributed by atoms with Crippen LogP contribution in [0.1, 0.15) is 37.2 Å². The molecular formula is C27H24Br3N3O3. The summed E-state index contributed by atoms with van der Waals surface area (Å²) in [6.45, 7) is 4.85. The summed E-state index contributed by atoms with van der Waals surface area (Å²) in [7, 11) is 0. The van der Waals surface area contributed by atoms with E-state index in [2.05, 4.69) is 52.9 Å². The van der Waals surface area contributed by atoms with Crippen molar-refractivity contribution in [3.8, 4) is 11.5 Å². The Bertz CT molecular complexity index is 1470. The van der Waals surface area contributed by atoms with Crippen molar-refractivity contribution in [2.45, 2.75) is 33.3 Å². The molecule has 0 unspecified atom stereocenters. The minimum Gasteiger partial charge on any atom is -0.490 e. The normalized spacial score (nSPS) is 11.4. The SMILES string of the molecule is CCCc1nc2ccc(Br)cc2c(=O)n1N=Cc1cc(OCC)c(OCc2ccc(Br)cc2)cc1Br. The maximum absolute atomic E-state index is 13.3. The number of nitrogens with zero attached hydrogens (tertiary/aromatic N) is 3. The van der Waals surface area contributed by atoms with E-state index >= 15 is 0 Å². The van der Waals surface area contributed by atoms with Gasteiger partial charge in [0.2, 0.25) is 0 Å². The van der Waals surface area contributed by atoms with Crippen LogP contribution in [0.2, 0.25) is 0 Å². The lowest BCUT2D eigenvalue weighted by atomic mass is 10.2. The number of benzene rings is 3. The van der Waals surface area contributed by atoms with E-state index in [1.165, 1.54) is 4.68 Å². The summed E-state index contributed by atoms with van der Waals surface area (Å²) >= 11 is 10.5. The van der Waals surface area contributed by atoms with Crippen LogP contribution < -0.4 is 15.0 Å². The van der Waals surface area contributed by atoms with Crippen LogP contribution in [0.5, 0.6) is 11.5 Å². The van der Waals surface area contributed by atoms with Crippen molar-refractivity contribution in [3.05, 3.63) is 95.3 Å². The number of aromatic nitrogens is 2. The zero-order chi connectivity index (χ0) is 25.7. The Hall–Kier alpha value is -2.49. The predicted octanol–water partition coefficient (Wildman–Crippen LogP) is 7.50. The Morgan fingerprint density at radius 2 is 1.67 bits per heavy atom. The van der Waals surface area contributed by atoms with Gasteiger partial charge < -0.3 is 9.47 Å². The molecular weight excluding hydrogens is 654 g/mol. The molecule has 9 heteroatoms. The van der Waals surface area contributed by atoms with E-state index in [-0.39, 0.29) is 5.56 Å². The maximum atomic E-state index is 13.3. The van der Waals surface area contributed by atoms with Crippen molar-refractivity contribution >= 4 is 64.9 Å². The first kappa shape index (κ1) is 26.6. The molecule has 0 aliphatic carbocycles. The van der Waals surface area contributed by atoms with Crippen molar-refractivity contribution in [1.82, 2.24) is 9.66 Å². The average molecular weight is 678 g/mol. The predicted molar refractivity (Wildman–Crippen MR) is 154 cm³/mol. The smallest absolute Gasteiger partial charge is 0.282 e.